The highest BCUT2D eigenvalue weighted by molar-refractivity contribution is 5.32. The summed E-state index contributed by atoms with van der Waals surface area (Å²) in [5.74, 6) is -0.693. The number of nitrogens with zero attached hydrogens (tertiary/aromatic N) is 2. The summed E-state index contributed by atoms with van der Waals surface area (Å²) in [6.07, 6.45) is 1.41. The molecule has 1 aromatic heterocycles. The standard InChI is InChI=1S/C11H14N2O4/c1-10(2)16-7-11(3,17-10)9-6-8(13(14)15)4-5-12-9/h4-6H,7H2,1-3H3. The number of rotatable bonds is 2. The van der Waals surface area contributed by atoms with Crippen molar-refractivity contribution in [2.75, 3.05) is 6.61 Å². The van der Waals surface area contributed by atoms with E-state index in [-0.39, 0.29) is 5.69 Å². The largest absolute Gasteiger partial charge is 0.347 e. The Balaban J connectivity index is 2.34. The van der Waals surface area contributed by atoms with Crippen LogP contribution < -0.4 is 0 Å². The van der Waals surface area contributed by atoms with Gasteiger partial charge >= 0.3 is 0 Å². The van der Waals surface area contributed by atoms with Gasteiger partial charge in [-0.25, -0.2) is 0 Å². The van der Waals surface area contributed by atoms with Gasteiger partial charge in [0.1, 0.15) is 5.60 Å². The van der Waals surface area contributed by atoms with E-state index < -0.39 is 16.3 Å². The summed E-state index contributed by atoms with van der Waals surface area (Å²) in [5.41, 5.74) is -0.225. The molecule has 92 valence electrons. The first kappa shape index (κ1) is 11.9. The summed E-state index contributed by atoms with van der Waals surface area (Å²) in [4.78, 5) is 14.4. The third-order valence-electron chi connectivity index (χ3n) is 2.66. The minimum absolute atomic E-state index is 0.00420. The van der Waals surface area contributed by atoms with Gasteiger partial charge in [0, 0.05) is 18.3 Å². The molecule has 0 N–H and O–H groups in total. The number of aromatic nitrogens is 1. The fourth-order valence-electron chi connectivity index (χ4n) is 1.86. The molecule has 1 atom stereocenters. The Bertz CT molecular complexity index is 461. The van der Waals surface area contributed by atoms with Crippen LogP contribution in [0.2, 0.25) is 0 Å². The highest BCUT2D eigenvalue weighted by atomic mass is 16.8. The number of hydrogen-bond donors (Lipinski definition) is 0. The van der Waals surface area contributed by atoms with E-state index in [1.807, 2.05) is 6.92 Å². The van der Waals surface area contributed by atoms with Crippen LogP contribution in [0.5, 0.6) is 0 Å². The summed E-state index contributed by atoms with van der Waals surface area (Å²) >= 11 is 0. The average molecular weight is 238 g/mol. The zero-order valence-electron chi connectivity index (χ0n) is 9.97. The second-order valence-corrected chi connectivity index (χ2v) is 4.68. The summed E-state index contributed by atoms with van der Waals surface area (Å²) in [5, 5.41) is 10.7. The number of pyridine rings is 1. The minimum atomic E-state index is -0.741. The molecule has 0 bridgehead atoms. The molecule has 0 radical (unpaired) electrons. The normalized spacial score (nSPS) is 27.0. The first-order chi connectivity index (χ1) is 7.82. The Morgan fingerprint density at radius 3 is 2.71 bits per heavy atom. The van der Waals surface area contributed by atoms with E-state index in [1.54, 1.807) is 13.8 Å². The number of hydrogen-bond acceptors (Lipinski definition) is 5. The molecule has 17 heavy (non-hydrogen) atoms. The molecule has 0 saturated carbocycles. The van der Waals surface area contributed by atoms with Crippen LogP contribution in [0.25, 0.3) is 0 Å². The zero-order chi connectivity index (χ0) is 12.7. The SMILES string of the molecule is CC1(C)OCC(C)(c2cc([N+](=O)[O-])ccn2)O1. The Hall–Kier alpha value is -1.53. The van der Waals surface area contributed by atoms with Crippen LogP contribution >= 0.6 is 0 Å². The van der Waals surface area contributed by atoms with Gasteiger partial charge in [0.05, 0.1) is 17.2 Å². The Labute approximate surface area is 98.7 Å². The quantitative estimate of drug-likeness (QED) is 0.581. The molecule has 1 aromatic rings. The molecule has 1 aliphatic rings. The van der Waals surface area contributed by atoms with E-state index in [0.29, 0.717) is 12.3 Å². The van der Waals surface area contributed by atoms with E-state index in [1.165, 1.54) is 18.3 Å². The Morgan fingerprint density at radius 1 is 1.47 bits per heavy atom. The summed E-state index contributed by atoms with van der Waals surface area (Å²) in [6.45, 7) is 5.74. The molecule has 0 spiro atoms. The maximum atomic E-state index is 10.7. The molecule has 6 nitrogen and oxygen atoms in total. The third kappa shape index (κ3) is 2.27. The molecule has 1 saturated heterocycles. The first-order valence-corrected chi connectivity index (χ1v) is 5.27. The fourth-order valence-corrected chi connectivity index (χ4v) is 1.86. The van der Waals surface area contributed by atoms with Crippen molar-refractivity contribution in [3.8, 4) is 0 Å². The molecule has 2 rings (SSSR count). The number of ether oxygens (including phenoxy) is 2. The molecule has 0 aromatic carbocycles. The lowest BCUT2D eigenvalue weighted by atomic mass is 10.0. The molecule has 0 amide bonds. The highest BCUT2D eigenvalue weighted by Crippen LogP contribution is 2.38. The maximum absolute atomic E-state index is 10.7. The highest BCUT2D eigenvalue weighted by Gasteiger charge is 2.44. The van der Waals surface area contributed by atoms with Crippen molar-refractivity contribution in [1.29, 1.82) is 0 Å². The van der Waals surface area contributed by atoms with Gasteiger partial charge in [0.15, 0.2) is 5.79 Å². The molecule has 1 unspecified atom stereocenters. The van der Waals surface area contributed by atoms with Crippen LogP contribution in [0.4, 0.5) is 5.69 Å². The number of nitro groups is 1. The van der Waals surface area contributed by atoms with E-state index in [9.17, 15) is 10.1 Å². The van der Waals surface area contributed by atoms with Crippen molar-refractivity contribution in [2.45, 2.75) is 32.2 Å². The zero-order valence-corrected chi connectivity index (χ0v) is 9.97. The monoisotopic (exact) mass is 238 g/mol. The van der Waals surface area contributed by atoms with Crippen molar-refractivity contribution in [3.63, 3.8) is 0 Å². The Kier molecular flexibility index (Phi) is 2.63. The van der Waals surface area contributed by atoms with Gasteiger partial charge in [0.2, 0.25) is 0 Å². The summed E-state index contributed by atoms with van der Waals surface area (Å²) in [6, 6.07) is 2.78. The van der Waals surface area contributed by atoms with Crippen LogP contribution in [0.1, 0.15) is 26.5 Å². The molecular formula is C11H14N2O4. The summed E-state index contributed by atoms with van der Waals surface area (Å²) < 4.78 is 11.2. The summed E-state index contributed by atoms with van der Waals surface area (Å²) in [7, 11) is 0. The predicted molar refractivity (Wildman–Crippen MR) is 59.4 cm³/mol. The van der Waals surface area contributed by atoms with Gasteiger partial charge in [-0.1, -0.05) is 0 Å². The van der Waals surface area contributed by atoms with Gasteiger partial charge in [-0.2, -0.15) is 0 Å². The lowest BCUT2D eigenvalue weighted by Gasteiger charge is -2.24. The Morgan fingerprint density at radius 2 is 2.18 bits per heavy atom. The molecule has 0 aliphatic carbocycles. The lowest BCUT2D eigenvalue weighted by Crippen LogP contribution is -2.29. The first-order valence-electron chi connectivity index (χ1n) is 5.27. The average Bonchev–Trinajstić information content (AvgIpc) is 2.55. The van der Waals surface area contributed by atoms with Crippen molar-refractivity contribution in [1.82, 2.24) is 4.98 Å². The third-order valence-corrected chi connectivity index (χ3v) is 2.66. The van der Waals surface area contributed by atoms with Crippen molar-refractivity contribution < 1.29 is 14.4 Å². The van der Waals surface area contributed by atoms with Gasteiger partial charge in [-0.15, -0.1) is 0 Å². The molecule has 1 fully saturated rings. The van der Waals surface area contributed by atoms with Crippen molar-refractivity contribution in [3.05, 3.63) is 34.1 Å². The van der Waals surface area contributed by atoms with E-state index in [4.69, 9.17) is 9.47 Å². The molecule has 6 heteroatoms. The van der Waals surface area contributed by atoms with Crippen molar-refractivity contribution >= 4 is 5.69 Å². The topological polar surface area (TPSA) is 74.5 Å². The van der Waals surface area contributed by atoms with E-state index >= 15 is 0 Å². The van der Waals surface area contributed by atoms with Gasteiger partial charge in [-0.3, -0.25) is 15.1 Å². The molecule has 2 heterocycles. The van der Waals surface area contributed by atoms with Crippen molar-refractivity contribution in [2.24, 2.45) is 0 Å². The van der Waals surface area contributed by atoms with Gasteiger partial charge < -0.3 is 9.47 Å². The lowest BCUT2D eigenvalue weighted by molar-refractivity contribution is -0.385. The van der Waals surface area contributed by atoms with Crippen LogP contribution in [0.3, 0.4) is 0 Å². The smallest absolute Gasteiger partial charge is 0.272 e. The van der Waals surface area contributed by atoms with E-state index in [2.05, 4.69) is 4.98 Å². The van der Waals surface area contributed by atoms with Crippen LogP contribution in [-0.2, 0) is 15.1 Å². The maximum Gasteiger partial charge on any atom is 0.272 e. The van der Waals surface area contributed by atoms with E-state index in [0.717, 1.165) is 0 Å². The molecular weight excluding hydrogens is 224 g/mol. The van der Waals surface area contributed by atoms with Gasteiger partial charge in [-0.05, 0) is 20.8 Å². The predicted octanol–water partition coefficient (Wildman–Crippen LogP) is 1.99. The van der Waals surface area contributed by atoms with Gasteiger partial charge in [0.25, 0.3) is 5.69 Å². The second kappa shape index (κ2) is 3.75. The van der Waals surface area contributed by atoms with Crippen LogP contribution in [0.15, 0.2) is 18.3 Å². The molecule has 1 aliphatic heterocycles. The second-order valence-electron chi connectivity index (χ2n) is 4.68. The van der Waals surface area contributed by atoms with Crippen LogP contribution in [0, 0.1) is 10.1 Å². The van der Waals surface area contributed by atoms with Crippen LogP contribution in [-0.4, -0.2) is 22.3 Å². The fraction of sp³-hybridized carbons (Fsp3) is 0.545. The minimum Gasteiger partial charge on any atom is -0.347 e.